The van der Waals surface area contributed by atoms with Crippen molar-refractivity contribution < 1.29 is 13.5 Å². The van der Waals surface area contributed by atoms with E-state index in [2.05, 4.69) is 0 Å². The first kappa shape index (κ1) is 12.9. The summed E-state index contributed by atoms with van der Waals surface area (Å²) >= 11 is 0. The molecule has 20 heavy (non-hydrogen) atoms. The fourth-order valence-electron chi connectivity index (χ4n) is 2.19. The van der Waals surface area contributed by atoms with E-state index in [-0.39, 0.29) is 11.2 Å². The highest BCUT2D eigenvalue weighted by atomic mass is 19.1. The first-order valence-corrected chi connectivity index (χ1v) is 6.46. The van der Waals surface area contributed by atoms with Gasteiger partial charge in [0.2, 0.25) is 0 Å². The largest absolute Gasteiger partial charge is 0.440 e. The summed E-state index contributed by atoms with van der Waals surface area (Å²) in [6.07, 6.45) is 0. The number of ether oxygens (including phenoxy) is 1. The first-order valence-electron chi connectivity index (χ1n) is 6.46. The number of halogens is 1. The molecule has 2 heterocycles. The van der Waals surface area contributed by atoms with Gasteiger partial charge in [0.15, 0.2) is 11.3 Å². The molecular formula is C15H14FNO3. The van der Waals surface area contributed by atoms with E-state index in [1.165, 1.54) is 24.3 Å². The average molecular weight is 275 g/mol. The Kier molecular flexibility index (Phi) is 3.52. The van der Waals surface area contributed by atoms with Gasteiger partial charge < -0.3 is 14.1 Å². The summed E-state index contributed by atoms with van der Waals surface area (Å²) < 4.78 is 24.3. The number of hydrogen-bond donors (Lipinski definition) is 0. The van der Waals surface area contributed by atoms with E-state index in [4.69, 9.17) is 9.15 Å². The highest BCUT2D eigenvalue weighted by Crippen LogP contribution is 2.24. The van der Waals surface area contributed by atoms with E-state index in [1.807, 2.05) is 4.90 Å². The maximum absolute atomic E-state index is 13.3. The van der Waals surface area contributed by atoms with E-state index in [1.54, 1.807) is 12.1 Å². The fraction of sp³-hybridized carbons (Fsp3) is 0.267. The molecule has 0 bridgehead atoms. The summed E-state index contributed by atoms with van der Waals surface area (Å²) in [5, 5.41) is 0. The Morgan fingerprint density at radius 3 is 2.65 bits per heavy atom. The lowest BCUT2D eigenvalue weighted by atomic mass is 10.1. The minimum Gasteiger partial charge on any atom is -0.440 e. The number of rotatable bonds is 2. The van der Waals surface area contributed by atoms with Crippen LogP contribution in [0.2, 0.25) is 0 Å². The van der Waals surface area contributed by atoms with Crippen LogP contribution < -0.4 is 10.3 Å². The van der Waals surface area contributed by atoms with Crippen molar-refractivity contribution in [2.24, 2.45) is 0 Å². The van der Waals surface area contributed by atoms with Gasteiger partial charge in [0.1, 0.15) is 11.6 Å². The van der Waals surface area contributed by atoms with Gasteiger partial charge in [-0.25, -0.2) is 4.39 Å². The minimum absolute atomic E-state index is 0.156. The normalized spacial score (nSPS) is 15.3. The monoisotopic (exact) mass is 275 g/mol. The van der Waals surface area contributed by atoms with Crippen molar-refractivity contribution in [2.45, 2.75) is 0 Å². The number of morpholine rings is 1. The lowest BCUT2D eigenvalue weighted by Gasteiger charge is -2.27. The smallest absolute Gasteiger partial charge is 0.200 e. The van der Waals surface area contributed by atoms with Crippen LogP contribution in [0.15, 0.2) is 45.6 Å². The lowest BCUT2D eigenvalue weighted by molar-refractivity contribution is 0.120. The van der Waals surface area contributed by atoms with Crippen molar-refractivity contribution in [1.29, 1.82) is 0 Å². The zero-order valence-electron chi connectivity index (χ0n) is 10.8. The van der Waals surface area contributed by atoms with Gasteiger partial charge in [-0.15, -0.1) is 0 Å². The third-order valence-electron chi connectivity index (χ3n) is 3.19. The molecule has 3 rings (SSSR count). The van der Waals surface area contributed by atoms with Crippen LogP contribution in [0.3, 0.4) is 0 Å². The molecule has 0 atom stereocenters. The van der Waals surface area contributed by atoms with Crippen LogP contribution in [0.25, 0.3) is 11.3 Å². The van der Waals surface area contributed by atoms with Gasteiger partial charge in [-0.1, -0.05) is 12.1 Å². The second-order valence-corrected chi connectivity index (χ2v) is 4.61. The molecule has 0 aliphatic carbocycles. The molecule has 1 aliphatic rings. The standard InChI is InChI=1S/C15H14FNO3/c16-12-3-1-2-11(8-12)14-9-13(18)10-15(20-14)17-4-6-19-7-5-17/h1-3,8-10H,4-7H2. The number of nitrogens with zero attached hydrogens (tertiary/aromatic N) is 1. The second kappa shape index (κ2) is 5.46. The van der Waals surface area contributed by atoms with Crippen molar-refractivity contribution in [3.05, 3.63) is 52.4 Å². The molecule has 0 N–H and O–H groups in total. The molecule has 0 spiro atoms. The maximum Gasteiger partial charge on any atom is 0.200 e. The van der Waals surface area contributed by atoms with Gasteiger partial charge in [0.05, 0.1) is 13.2 Å². The zero-order chi connectivity index (χ0) is 13.9. The summed E-state index contributed by atoms with van der Waals surface area (Å²) in [4.78, 5) is 13.8. The summed E-state index contributed by atoms with van der Waals surface area (Å²) in [5.74, 6) is 0.514. The predicted octanol–water partition coefficient (Wildman–Crippen LogP) is 2.28. The maximum atomic E-state index is 13.3. The molecule has 0 saturated carbocycles. The van der Waals surface area contributed by atoms with Crippen molar-refractivity contribution >= 4 is 5.88 Å². The van der Waals surface area contributed by atoms with E-state index in [0.717, 1.165) is 0 Å². The third-order valence-corrected chi connectivity index (χ3v) is 3.19. The highest BCUT2D eigenvalue weighted by Gasteiger charge is 2.15. The van der Waals surface area contributed by atoms with Gasteiger partial charge in [0, 0.05) is 30.8 Å². The minimum atomic E-state index is -0.359. The van der Waals surface area contributed by atoms with Gasteiger partial charge >= 0.3 is 0 Å². The van der Waals surface area contributed by atoms with E-state index < -0.39 is 0 Å². The van der Waals surface area contributed by atoms with Crippen LogP contribution in [0.5, 0.6) is 0 Å². The van der Waals surface area contributed by atoms with Crippen LogP contribution in [0, 0.1) is 5.82 Å². The lowest BCUT2D eigenvalue weighted by Crippen LogP contribution is -2.36. The molecule has 1 aliphatic heterocycles. The molecule has 1 aromatic carbocycles. The molecule has 1 aromatic heterocycles. The summed E-state index contributed by atoms with van der Waals surface area (Å²) in [7, 11) is 0. The van der Waals surface area contributed by atoms with E-state index >= 15 is 0 Å². The Labute approximate surface area is 115 Å². The van der Waals surface area contributed by atoms with Gasteiger partial charge in [0.25, 0.3) is 0 Å². The predicted molar refractivity (Wildman–Crippen MR) is 73.4 cm³/mol. The van der Waals surface area contributed by atoms with Gasteiger partial charge in [-0.3, -0.25) is 4.79 Å². The Bertz CT molecular complexity index is 662. The highest BCUT2D eigenvalue weighted by molar-refractivity contribution is 5.58. The van der Waals surface area contributed by atoms with Crippen molar-refractivity contribution in [2.75, 3.05) is 31.2 Å². The first-order chi connectivity index (χ1) is 9.72. The van der Waals surface area contributed by atoms with Crippen LogP contribution in [0.1, 0.15) is 0 Å². The molecule has 1 saturated heterocycles. The quantitative estimate of drug-likeness (QED) is 0.843. The van der Waals surface area contributed by atoms with Gasteiger partial charge in [-0.2, -0.15) is 0 Å². The number of hydrogen-bond acceptors (Lipinski definition) is 4. The molecule has 104 valence electrons. The summed E-state index contributed by atoms with van der Waals surface area (Å²) in [6, 6.07) is 8.83. The Morgan fingerprint density at radius 1 is 1.10 bits per heavy atom. The Morgan fingerprint density at radius 2 is 1.90 bits per heavy atom. The third kappa shape index (κ3) is 2.72. The summed E-state index contributed by atoms with van der Waals surface area (Å²) in [6.45, 7) is 2.56. The SMILES string of the molecule is O=c1cc(-c2cccc(F)c2)oc(N2CCOCC2)c1. The molecule has 0 unspecified atom stereocenters. The van der Waals surface area contributed by atoms with Crippen LogP contribution in [-0.4, -0.2) is 26.3 Å². The van der Waals surface area contributed by atoms with E-state index in [9.17, 15) is 9.18 Å². The van der Waals surface area contributed by atoms with Crippen molar-refractivity contribution in [1.82, 2.24) is 0 Å². The molecule has 0 amide bonds. The zero-order valence-corrected chi connectivity index (χ0v) is 10.8. The van der Waals surface area contributed by atoms with Crippen LogP contribution in [0.4, 0.5) is 10.3 Å². The van der Waals surface area contributed by atoms with Crippen molar-refractivity contribution in [3.63, 3.8) is 0 Å². The average Bonchev–Trinajstić information content (AvgIpc) is 2.47. The molecule has 4 nitrogen and oxygen atoms in total. The number of benzene rings is 1. The van der Waals surface area contributed by atoms with E-state index in [0.29, 0.717) is 43.5 Å². The number of anilines is 1. The Balaban J connectivity index is 2.00. The molecule has 0 radical (unpaired) electrons. The van der Waals surface area contributed by atoms with Crippen LogP contribution >= 0.6 is 0 Å². The van der Waals surface area contributed by atoms with Crippen molar-refractivity contribution in [3.8, 4) is 11.3 Å². The topological polar surface area (TPSA) is 42.7 Å². The van der Waals surface area contributed by atoms with Gasteiger partial charge in [-0.05, 0) is 12.1 Å². The molecule has 2 aromatic rings. The molecular weight excluding hydrogens is 261 g/mol. The van der Waals surface area contributed by atoms with Crippen LogP contribution in [-0.2, 0) is 4.74 Å². The second-order valence-electron chi connectivity index (χ2n) is 4.61. The fourth-order valence-corrected chi connectivity index (χ4v) is 2.19. The molecule has 1 fully saturated rings. The molecule has 5 heteroatoms. The Hall–Kier alpha value is -2.14. The summed E-state index contributed by atoms with van der Waals surface area (Å²) in [5.41, 5.74) is 0.397.